The standard InChI is InChI=1S/C10H9NO8S/c11-8-5(20(17,18)19)3-4(1-2-6(12)13)7(9(8)14)10(15)16/h1-3,14H,11H2,(H,12,13)(H,15,16)(H,17,18,19). The molecule has 108 valence electrons. The Morgan fingerprint density at radius 3 is 2.20 bits per heavy atom. The minimum atomic E-state index is -4.82. The van der Waals surface area contributed by atoms with Crippen LogP contribution in [-0.2, 0) is 14.9 Å². The van der Waals surface area contributed by atoms with Gasteiger partial charge >= 0.3 is 11.9 Å². The van der Waals surface area contributed by atoms with E-state index in [0.717, 1.165) is 6.08 Å². The number of aromatic hydroxyl groups is 1. The third-order valence-corrected chi connectivity index (χ3v) is 3.12. The molecule has 0 atom stereocenters. The largest absolute Gasteiger partial charge is 0.505 e. The first-order valence-corrected chi connectivity index (χ1v) is 6.27. The summed E-state index contributed by atoms with van der Waals surface area (Å²) in [5.41, 5.74) is 3.16. The quantitative estimate of drug-likeness (QED) is 0.222. The van der Waals surface area contributed by atoms with Gasteiger partial charge in [0.05, 0.1) is 5.69 Å². The van der Waals surface area contributed by atoms with Crippen molar-refractivity contribution in [3.8, 4) is 5.75 Å². The maximum atomic E-state index is 11.1. The van der Waals surface area contributed by atoms with E-state index in [-0.39, 0.29) is 0 Å². The van der Waals surface area contributed by atoms with Crippen LogP contribution in [0.5, 0.6) is 5.75 Å². The molecule has 1 aromatic carbocycles. The molecule has 20 heavy (non-hydrogen) atoms. The molecule has 0 bridgehead atoms. The summed E-state index contributed by atoms with van der Waals surface area (Å²) in [6.07, 6.45) is 1.28. The fourth-order valence-electron chi connectivity index (χ4n) is 1.41. The predicted molar refractivity (Wildman–Crippen MR) is 66.0 cm³/mol. The monoisotopic (exact) mass is 303 g/mol. The smallest absolute Gasteiger partial charge is 0.340 e. The Bertz CT molecular complexity index is 719. The van der Waals surface area contributed by atoms with Gasteiger partial charge in [-0.25, -0.2) is 9.59 Å². The van der Waals surface area contributed by atoms with Gasteiger partial charge in [-0.05, 0) is 17.7 Å². The molecular formula is C10H9NO8S. The second kappa shape index (κ2) is 5.19. The summed E-state index contributed by atoms with van der Waals surface area (Å²) < 4.78 is 31.0. The molecule has 0 unspecified atom stereocenters. The summed E-state index contributed by atoms with van der Waals surface area (Å²) in [5.74, 6) is -4.16. The highest BCUT2D eigenvalue weighted by Crippen LogP contribution is 2.35. The van der Waals surface area contributed by atoms with Gasteiger partial charge in [0, 0.05) is 6.08 Å². The number of anilines is 1. The first-order chi connectivity index (χ1) is 9.05. The van der Waals surface area contributed by atoms with Crippen molar-refractivity contribution in [2.24, 2.45) is 0 Å². The number of carboxylic acids is 2. The highest BCUT2D eigenvalue weighted by molar-refractivity contribution is 7.86. The summed E-state index contributed by atoms with van der Waals surface area (Å²) in [4.78, 5) is 20.5. The first kappa shape index (κ1) is 15.5. The number of aromatic carboxylic acids is 1. The minimum absolute atomic E-state index is 0.445. The van der Waals surface area contributed by atoms with Gasteiger partial charge in [0.15, 0.2) is 5.75 Å². The Hall–Kier alpha value is -2.59. The molecule has 9 nitrogen and oxygen atoms in total. The van der Waals surface area contributed by atoms with Crippen LogP contribution in [0.4, 0.5) is 5.69 Å². The third-order valence-electron chi connectivity index (χ3n) is 2.23. The van der Waals surface area contributed by atoms with Gasteiger partial charge in [0.2, 0.25) is 0 Å². The van der Waals surface area contributed by atoms with E-state index in [0.29, 0.717) is 12.1 Å². The molecule has 0 saturated carbocycles. The van der Waals surface area contributed by atoms with Gasteiger partial charge in [0.1, 0.15) is 10.5 Å². The normalized spacial score (nSPS) is 11.7. The minimum Gasteiger partial charge on any atom is -0.505 e. The van der Waals surface area contributed by atoms with E-state index >= 15 is 0 Å². The highest BCUT2D eigenvalue weighted by Gasteiger charge is 2.25. The van der Waals surface area contributed by atoms with E-state index in [2.05, 4.69) is 0 Å². The van der Waals surface area contributed by atoms with Gasteiger partial charge in [-0.2, -0.15) is 8.42 Å². The van der Waals surface area contributed by atoms with Crippen LogP contribution in [0.1, 0.15) is 15.9 Å². The number of carboxylic acid groups (broad SMARTS) is 2. The summed E-state index contributed by atoms with van der Waals surface area (Å²) >= 11 is 0. The molecule has 0 aliphatic carbocycles. The van der Waals surface area contributed by atoms with Gasteiger partial charge in [-0.1, -0.05) is 0 Å². The van der Waals surface area contributed by atoms with Crippen molar-refractivity contribution in [2.45, 2.75) is 4.90 Å². The molecule has 1 rings (SSSR count). The predicted octanol–water partition coefficient (Wildman–Crippen LogP) is 0.0171. The number of aliphatic carboxylic acids is 1. The number of hydrogen-bond donors (Lipinski definition) is 5. The van der Waals surface area contributed by atoms with Crippen molar-refractivity contribution in [1.29, 1.82) is 0 Å². The van der Waals surface area contributed by atoms with Crippen molar-refractivity contribution in [1.82, 2.24) is 0 Å². The van der Waals surface area contributed by atoms with Crippen molar-refractivity contribution in [3.05, 3.63) is 23.3 Å². The first-order valence-electron chi connectivity index (χ1n) is 4.83. The zero-order valence-electron chi connectivity index (χ0n) is 9.64. The number of rotatable bonds is 4. The van der Waals surface area contributed by atoms with Crippen LogP contribution in [0.3, 0.4) is 0 Å². The lowest BCUT2D eigenvalue weighted by molar-refractivity contribution is -0.131. The number of carbonyl (C=O) groups is 2. The van der Waals surface area contributed by atoms with Crippen LogP contribution < -0.4 is 5.73 Å². The maximum absolute atomic E-state index is 11.1. The Labute approximate surface area is 112 Å². The number of nitrogen functional groups attached to an aromatic ring is 1. The molecule has 10 heteroatoms. The molecule has 0 radical (unpaired) electrons. The third kappa shape index (κ3) is 3.05. The summed E-state index contributed by atoms with van der Waals surface area (Å²) in [6.45, 7) is 0. The molecular weight excluding hydrogens is 294 g/mol. The molecule has 0 heterocycles. The molecule has 0 aliphatic heterocycles. The number of phenols is 1. The van der Waals surface area contributed by atoms with Crippen molar-refractivity contribution in [2.75, 3.05) is 5.73 Å². The average molecular weight is 303 g/mol. The lowest BCUT2D eigenvalue weighted by atomic mass is 10.0. The summed E-state index contributed by atoms with van der Waals surface area (Å²) in [5, 5.41) is 27.0. The van der Waals surface area contributed by atoms with Gasteiger partial charge in [-0.3, -0.25) is 4.55 Å². The van der Waals surface area contributed by atoms with E-state index in [1.54, 1.807) is 0 Å². The van der Waals surface area contributed by atoms with Crippen LogP contribution >= 0.6 is 0 Å². The van der Waals surface area contributed by atoms with Crippen LogP contribution in [0.25, 0.3) is 6.08 Å². The Morgan fingerprint density at radius 1 is 1.25 bits per heavy atom. The van der Waals surface area contributed by atoms with Crippen molar-refractivity contribution < 1.29 is 37.9 Å². The lowest BCUT2D eigenvalue weighted by Gasteiger charge is -2.10. The molecule has 0 fully saturated rings. The van der Waals surface area contributed by atoms with Crippen LogP contribution in [0.15, 0.2) is 17.0 Å². The SMILES string of the molecule is Nc1c(S(=O)(=O)O)cc(C=CC(=O)O)c(C(=O)O)c1O. The molecule has 6 N–H and O–H groups in total. The van der Waals surface area contributed by atoms with E-state index in [1.165, 1.54) is 0 Å². The summed E-state index contributed by atoms with van der Waals surface area (Å²) in [6, 6.07) is 0.646. The summed E-state index contributed by atoms with van der Waals surface area (Å²) in [7, 11) is -4.82. The van der Waals surface area contributed by atoms with Crippen LogP contribution in [-0.4, -0.2) is 40.2 Å². The Balaban J connectivity index is 3.75. The average Bonchev–Trinajstić information content (AvgIpc) is 2.27. The number of nitrogens with two attached hydrogens (primary N) is 1. The van der Waals surface area contributed by atoms with Gasteiger partial charge in [-0.15, -0.1) is 0 Å². The molecule has 0 aliphatic rings. The second-order valence-corrected chi connectivity index (χ2v) is 4.94. The van der Waals surface area contributed by atoms with Gasteiger partial charge in [0.25, 0.3) is 10.1 Å². The molecule has 0 saturated heterocycles. The van der Waals surface area contributed by atoms with Crippen molar-refractivity contribution >= 4 is 33.8 Å². The second-order valence-electron chi connectivity index (χ2n) is 3.55. The lowest BCUT2D eigenvalue weighted by Crippen LogP contribution is -2.09. The fraction of sp³-hybridized carbons (Fsp3) is 0. The highest BCUT2D eigenvalue weighted by atomic mass is 32.2. The van der Waals surface area contributed by atoms with E-state index in [9.17, 15) is 23.1 Å². The topological polar surface area (TPSA) is 175 Å². The molecule has 1 aromatic rings. The van der Waals surface area contributed by atoms with Crippen molar-refractivity contribution in [3.63, 3.8) is 0 Å². The number of hydrogen-bond acceptors (Lipinski definition) is 6. The van der Waals surface area contributed by atoms with E-state index in [1.807, 2.05) is 0 Å². The van der Waals surface area contributed by atoms with E-state index < -0.39 is 49.5 Å². The molecule has 0 spiro atoms. The Kier molecular flexibility index (Phi) is 4.01. The Morgan fingerprint density at radius 2 is 1.80 bits per heavy atom. The fourth-order valence-corrected chi connectivity index (χ4v) is 2.06. The number of benzene rings is 1. The molecule has 0 amide bonds. The maximum Gasteiger partial charge on any atom is 0.340 e. The van der Waals surface area contributed by atoms with Gasteiger partial charge < -0.3 is 21.1 Å². The zero-order chi connectivity index (χ0) is 15.7. The molecule has 0 aromatic heterocycles. The van der Waals surface area contributed by atoms with E-state index in [4.69, 9.17) is 20.5 Å². The van der Waals surface area contributed by atoms with Crippen LogP contribution in [0, 0.1) is 0 Å². The van der Waals surface area contributed by atoms with Crippen LogP contribution in [0.2, 0.25) is 0 Å². The zero-order valence-corrected chi connectivity index (χ0v) is 10.5.